The lowest BCUT2D eigenvalue weighted by molar-refractivity contribution is -0.143. The Morgan fingerprint density at radius 1 is 0.730 bits per heavy atom. The summed E-state index contributed by atoms with van der Waals surface area (Å²) in [4.78, 5) is 98.6. The summed E-state index contributed by atoms with van der Waals surface area (Å²) in [6.07, 6.45) is 2.98. The zero-order valence-corrected chi connectivity index (χ0v) is 35.0. The third kappa shape index (κ3) is 13.6. The van der Waals surface area contributed by atoms with E-state index in [9.17, 15) is 43.8 Å². The molecule has 18 heteroatoms. The predicted molar refractivity (Wildman–Crippen MR) is 233 cm³/mol. The van der Waals surface area contributed by atoms with Crippen molar-refractivity contribution in [1.29, 1.82) is 0 Å². The number of hydrogen-bond donors (Lipinski definition) is 10. The number of H-pyrrole nitrogens is 1. The average molecular weight is 868 g/mol. The molecule has 6 atom stereocenters. The molecule has 18 nitrogen and oxygen atoms in total. The number of aliphatic carboxylic acids is 1. The molecule has 0 saturated carbocycles. The number of carbonyl (C=O) groups excluding carboxylic acids is 6. The number of fused-ring (bicyclic) bond motifs is 1. The van der Waals surface area contributed by atoms with Gasteiger partial charge in [-0.2, -0.15) is 0 Å². The second-order valence-electron chi connectivity index (χ2n) is 15.8. The minimum Gasteiger partial charge on any atom is -0.508 e. The number of carbonyl (C=O) groups is 7. The van der Waals surface area contributed by atoms with Gasteiger partial charge in [-0.1, -0.05) is 60.7 Å². The van der Waals surface area contributed by atoms with Crippen LogP contribution >= 0.6 is 0 Å². The molecule has 0 radical (unpaired) electrons. The van der Waals surface area contributed by atoms with E-state index in [1.54, 1.807) is 42.6 Å². The molecule has 0 aliphatic carbocycles. The molecule has 0 bridgehead atoms. The lowest BCUT2D eigenvalue weighted by Gasteiger charge is -2.30. The van der Waals surface area contributed by atoms with Crippen LogP contribution in [0.1, 0.15) is 61.6 Å². The minimum atomic E-state index is -1.40. The summed E-state index contributed by atoms with van der Waals surface area (Å²) in [6, 6.07) is 15.3. The van der Waals surface area contributed by atoms with E-state index in [0.717, 1.165) is 16.5 Å². The molecule has 4 aromatic rings. The number of hydrogen-bond acceptors (Lipinski definition) is 10. The molecule has 3 aromatic carbocycles. The van der Waals surface area contributed by atoms with Crippen LogP contribution in [0.4, 0.5) is 0 Å². The Hall–Kier alpha value is -6.79. The van der Waals surface area contributed by atoms with Crippen molar-refractivity contribution in [3.8, 4) is 5.75 Å². The molecule has 0 unspecified atom stereocenters. The quantitative estimate of drug-likeness (QED) is 0.0462. The summed E-state index contributed by atoms with van der Waals surface area (Å²) in [5.74, 6) is -5.43. The van der Waals surface area contributed by atoms with Gasteiger partial charge in [0, 0.05) is 42.9 Å². The molecule has 1 aliphatic heterocycles. The first kappa shape index (κ1) is 47.3. The van der Waals surface area contributed by atoms with E-state index in [0.29, 0.717) is 36.9 Å². The van der Waals surface area contributed by atoms with Crippen LogP contribution in [0.25, 0.3) is 10.9 Å². The standard InChI is InChI=1S/C45H57N9O9/c46-21-7-6-13-35(45(62)63)51-42(59)36(25-29-26-49-33-12-5-4-11-31(29)33)52-41(58)34(19-20-39(48)56)50-43(60)38-14-8-22-54(38)44(61)37(24-27-9-2-1-3-10-27)53-40(57)32(47)23-28-15-17-30(55)18-16-28/h1-5,9-12,15-18,26,32,34-38,49,55H,6-8,13-14,19-25,46-47H2,(H2,48,56)(H,50,60)(H,51,59)(H,52,58)(H,53,57)(H,62,63)/t32-,34-,35-,36-,37-,38-/m0/s1. The minimum absolute atomic E-state index is 0.0587. The van der Waals surface area contributed by atoms with Crippen molar-refractivity contribution in [2.24, 2.45) is 17.2 Å². The number of nitrogens with zero attached hydrogens (tertiary/aromatic N) is 1. The van der Waals surface area contributed by atoms with Gasteiger partial charge >= 0.3 is 5.97 Å². The second-order valence-corrected chi connectivity index (χ2v) is 15.8. The Labute approximate surface area is 364 Å². The fourth-order valence-corrected chi connectivity index (χ4v) is 7.66. The van der Waals surface area contributed by atoms with E-state index >= 15 is 0 Å². The number of unbranched alkanes of at least 4 members (excludes halogenated alkanes) is 1. The molecule has 1 aromatic heterocycles. The van der Waals surface area contributed by atoms with Crippen molar-refractivity contribution in [2.75, 3.05) is 13.1 Å². The Bertz CT molecular complexity index is 2220. The number of aromatic amines is 1. The zero-order valence-electron chi connectivity index (χ0n) is 35.0. The van der Waals surface area contributed by atoms with Crippen molar-refractivity contribution >= 4 is 52.3 Å². The van der Waals surface area contributed by atoms with E-state index in [2.05, 4.69) is 26.3 Å². The van der Waals surface area contributed by atoms with Crippen LogP contribution in [0, 0.1) is 0 Å². The lowest BCUT2D eigenvalue weighted by Crippen LogP contribution is -2.59. The van der Waals surface area contributed by atoms with Crippen molar-refractivity contribution in [1.82, 2.24) is 31.2 Å². The summed E-state index contributed by atoms with van der Waals surface area (Å²) in [7, 11) is 0. The molecular formula is C45H57N9O9. The van der Waals surface area contributed by atoms with Gasteiger partial charge in [0.2, 0.25) is 35.4 Å². The van der Waals surface area contributed by atoms with Crippen LogP contribution in [0.2, 0.25) is 0 Å². The van der Waals surface area contributed by atoms with Crippen molar-refractivity contribution in [3.63, 3.8) is 0 Å². The number of aromatic hydroxyl groups is 1. The first-order valence-electron chi connectivity index (χ1n) is 21.1. The number of phenolic OH excluding ortho intramolecular Hbond substituents is 1. The summed E-state index contributed by atoms with van der Waals surface area (Å²) >= 11 is 0. The fraction of sp³-hybridized carbons (Fsp3) is 0.400. The number of amides is 6. The third-order valence-corrected chi connectivity index (χ3v) is 11.1. The second kappa shape index (κ2) is 22.9. The van der Waals surface area contributed by atoms with Gasteiger partial charge in [-0.15, -0.1) is 0 Å². The maximum atomic E-state index is 14.4. The SMILES string of the molecule is NCCCC[C@H](NC(=O)[C@H](Cc1c[nH]c2ccccc12)NC(=O)[C@H](CCC(N)=O)NC(=O)[C@@H]1CCCN1C(=O)[C@H](Cc1ccccc1)NC(=O)[C@@H](N)Cc1ccc(O)cc1)C(=O)O. The van der Waals surface area contributed by atoms with Crippen LogP contribution in [-0.2, 0) is 52.8 Å². The van der Waals surface area contributed by atoms with E-state index in [1.807, 2.05) is 30.3 Å². The van der Waals surface area contributed by atoms with E-state index in [1.165, 1.54) is 17.0 Å². The van der Waals surface area contributed by atoms with Crippen molar-refractivity contribution < 1.29 is 43.8 Å². The number of carboxylic acid groups (broad SMARTS) is 1. The number of benzene rings is 3. The maximum Gasteiger partial charge on any atom is 0.326 e. The van der Waals surface area contributed by atoms with Gasteiger partial charge in [0.15, 0.2) is 0 Å². The number of phenols is 1. The highest BCUT2D eigenvalue weighted by Crippen LogP contribution is 2.22. The van der Waals surface area contributed by atoms with Crippen LogP contribution in [-0.4, -0.2) is 111 Å². The molecule has 1 aliphatic rings. The topological polar surface area (TPSA) is 305 Å². The average Bonchev–Trinajstić information content (AvgIpc) is 3.93. The molecule has 336 valence electrons. The predicted octanol–water partition coefficient (Wildman–Crippen LogP) is 0.638. The number of nitrogens with two attached hydrogens (primary N) is 3. The van der Waals surface area contributed by atoms with E-state index in [4.69, 9.17) is 17.2 Å². The molecule has 13 N–H and O–H groups in total. The summed E-state index contributed by atoms with van der Waals surface area (Å²) in [5, 5.41) is 31.0. The molecule has 6 amide bonds. The highest BCUT2D eigenvalue weighted by atomic mass is 16.4. The van der Waals surface area contributed by atoms with Crippen LogP contribution < -0.4 is 38.5 Å². The summed E-state index contributed by atoms with van der Waals surface area (Å²) < 4.78 is 0. The van der Waals surface area contributed by atoms with Gasteiger partial charge in [0.25, 0.3) is 0 Å². The Morgan fingerprint density at radius 2 is 1.38 bits per heavy atom. The Balaban J connectivity index is 1.34. The number of primary amides is 1. The van der Waals surface area contributed by atoms with Crippen molar-refractivity contribution in [3.05, 3.63) is 102 Å². The highest BCUT2D eigenvalue weighted by Gasteiger charge is 2.40. The molecule has 63 heavy (non-hydrogen) atoms. The van der Waals surface area contributed by atoms with Gasteiger partial charge in [-0.05, 0) is 86.4 Å². The first-order chi connectivity index (χ1) is 30.2. The number of carboxylic acids is 1. The Morgan fingerprint density at radius 3 is 2.08 bits per heavy atom. The van der Waals surface area contributed by atoms with Crippen molar-refractivity contribution in [2.45, 2.75) is 100 Å². The van der Waals surface area contributed by atoms with Crippen LogP contribution in [0.5, 0.6) is 5.75 Å². The van der Waals surface area contributed by atoms with Gasteiger partial charge < -0.3 is 58.6 Å². The molecule has 0 spiro atoms. The number of aromatic nitrogens is 1. The van der Waals surface area contributed by atoms with Gasteiger partial charge in [-0.25, -0.2) is 4.79 Å². The van der Waals surface area contributed by atoms with Crippen LogP contribution in [0.15, 0.2) is 85.1 Å². The van der Waals surface area contributed by atoms with E-state index in [-0.39, 0.29) is 57.2 Å². The zero-order chi connectivity index (χ0) is 45.5. The monoisotopic (exact) mass is 867 g/mol. The highest BCUT2D eigenvalue weighted by molar-refractivity contribution is 5.97. The van der Waals surface area contributed by atoms with E-state index < -0.39 is 77.7 Å². The maximum absolute atomic E-state index is 14.4. The van der Waals surface area contributed by atoms with Gasteiger partial charge in [0.05, 0.1) is 6.04 Å². The number of rotatable bonds is 23. The number of likely N-dealkylation sites (tertiary alicyclic amines) is 1. The normalized spacial score (nSPS) is 16.0. The van der Waals surface area contributed by atoms with Gasteiger partial charge in [0.1, 0.15) is 36.0 Å². The summed E-state index contributed by atoms with van der Waals surface area (Å²) in [5.41, 5.74) is 20.2. The molecule has 1 fully saturated rings. The Kier molecular flexibility index (Phi) is 17.2. The first-order valence-corrected chi connectivity index (χ1v) is 21.1. The fourth-order valence-electron chi connectivity index (χ4n) is 7.66. The van der Waals surface area contributed by atoms with Gasteiger partial charge in [-0.3, -0.25) is 28.8 Å². The van der Waals surface area contributed by atoms with Crippen LogP contribution in [0.3, 0.4) is 0 Å². The summed E-state index contributed by atoms with van der Waals surface area (Å²) in [6.45, 7) is 0.506. The number of para-hydroxylation sites is 1. The third-order valence-electron chi connectivity index (χ3n) is 11.1. The number of nitrogens with one attached hydrogen (secondary N) is 5. The molecule has 1 saturated heterocycles. The largest absolute Gasteiger partial charge is 0.508 e. The molecular weight excluding hydrogens is 811 g/mol. The molecule has 5 rings (SSSR count). The lowest BCUT2D eigenvalue weighted by atomic mass is 10.0. The smallest absolute Gasteiger partial charge is 0.326 e. The molecule has 2 heterocycles.